The number of ether oxygens (including phenoxy) is 1. The molecule has 96 valence electrons. The molecule has 1 aromatic rings. The molecule has 0 saturated carbocycles. The molecule has 0 unspecified atom stereocenters. The normalized spacial score (nSPS) is 11.6. The maximum absolute atomic E-state index is 11.9. The van der Waals surface area contributed by atoms with E-state index in [4.69, 9.17) is 22.1 Å². The molecule has 0 aliphatic rings. The molecule has 4 nitrogen and oxygen atoms in total. The first-order chi connectivity index (χ1) is 7.97. The minimum Gasteiger partial charge on any atom is -0.399 e. The number of hydrogen-bond donors (Lipinski definition) is 1. The quantitative estimate of drug-likeness (QED) is 0.639. The summed E-state index contributed by atoms with van der Waals surface area (Å²) in [6, 6.07) is 4.41. The number of hydrogen-bond acceptors (Lipinski definition) is 4. The summed E-state index contributed by atoms with van der Waals surface area (Å²) < 4.78 is 29.0. The van der Waals surface area contributed by atoms with E-state index in [0.29, 0.717) is 25.3 Å². The van der Waals surface area contributed by atoms with E-state index in [9.17, 15) is 8.42 Å². The summed E-state index contributed by atoms with van der Waals surface area (Å²) in [5.41, 5.74) is 5.96. The van der Waals surface area contributed by atoms with Gasteiger partial charge in [0.15, 0.2) is 9.84 Å². The van der Waals surface area contributed by atoms with Gasteiger partial charge in [0.05, 0.1) is 15.7 Å². The molecule has 2 N–H and O–H groups in total. The third-order valence-corrected chi connectivity index (χ3v) is 4.47. The summed E-state index contributed by atoms with van der Waals surface area (Å²) in [6.45, 7) is 2.89. The van der Waals surface area contributed by atoms with Gasteiger partial charge in [-0.05, 0) is 31.5 Å². The molecule has 1 aromatic carbocycles. The average molecular weight is 278 g/mol. The number of nitrogen functional groups attached to an aromatic ring is 1. The molecular formula is C11H16ClNO3S. The van der Waals surface area contributed by atoms with Crippen molar-refractivity contribution in [1.82, 2.24) is 0 Å². The monoisotopic (exact) mass is 277 g/mol. The van der Waals surface area contributed by atoms with E-state index in [1.807, 2.05) is 6.92 Å². The highest BCUT2D eigenvalue weighted by molar-refractivity contribution is 7.91. The Labute approximate surface area is 107 Å². The molecule has 0 atom stereocenters. The zero-order chi connectivity index (χ0) is 12.9. The zero-order valence-corrected chi connectivity index (χ0v) is 11.2. The lowest BCUT2D eigenvalue weighted by Crippen LogP contribution is -2.10. The third-order valence-electron chi connectivity index (χ3n) is 2.20. The molecule has 0 radical (unpaired) electrons. The zero-order valence-electron chi connectivity index (χ0n) is 9.65. The van der Waals surface area contributed by atoms with Crippen molar-refractivity contribution < 1.29 is 13.2 Å². The fourth-order valence-electron chi connectivity index (χ4n) is 1.37. The van der Waals surface area contributed by atoms with E-state index in [1.165, 1.54) is 18.2 Å². The molecule has 0 spiro atoms. The van der Waals surface area contributed by atoms with Crippen molar-refractivity contribution in [2.45, 2.75) is 18.2 Å². The number of nitrogens with two attached hydrogens (primary N) is 1. The Morgan fingerprint density at radius 1 is 1.41 bits per heavy atom. The van der Waals surface area contributed by atoms with Crippen LogP contribution in [0, 0.1) is 0 Å². The Bertz CT molecular complexity index is 474. The first kappa shape index (κ1) is 14.3. The van der Waals surface area contributed by atoms with E-state index < -0.39 is 9.84 Å². The van der Waals surface area contributed by atoms with Gasteiger partial charge in [-0.15, -0.1) is 0 Å². The summed E-state index contributed by atoms with van der Waals surface area (Å²) >= 11 is 5.86. The van der Waals surface area contributed by atoms with Crippen LogP contribution in [0.4, 0.5) is 5.69 Å². The molecule has 6 heteroatoms. The Balaban J connectivity index is 2.76. The molecule has 0 fully saturated rings. The van der Waals surface area contributed by atoms with Crippen molar-refractivity contribution in [3.05, 3.63) is 23.2 Å². The average Bonchev–Trinajstić information content (AvgIpc) is 2.24. The van der Waals surface area contributed by atoms with Crippen LogP contribution in [0.25, 0.3) is 0 Å². The molecule has 0 aromatic heterocycles. The second kappa shape index (κ2) is 6.23. The lowest BCUT2D eigenvalue weighted by Gasteiger charge is -2.07. The fourth-order valence-corrected chi connectivity index (χ4v) is 3.27. The van der Waals surface area contributed by atoms with Crippen LogP contribution in [0.1, 0.15) is 13.3 Å². The number of anilines is 1. The molecule has 1 rings (SSSR count). The summed E-state index contributed by atoms with van der Waals surface area (Å²) in [4.78, 5) is 0.130. The standard InChI is InChI=1S/C11H16ClNO3S/c1-2-16-6-3-7-17(14,15)11-5-4-9(13)8-10(11)12/h4-5,8H,2-3,6-7,13H2,1H3. The van der Waals surface area contributed by atoms with Crippen molar-refractivity contribution >= 4 is 27.1 Å². The fraction of sp³-hybridized carbons (Fsp3) is 0.455. The van der Waals surface area contributed by atoms with Crippen LogP contribution in [-0.4, -0.2) is 27.4 Å². The highest BCUT2D eigenvalue weighted by Crippen LogP contribution is 2.24. The predicted molar refractivity (Wildman–Crippen MR) is 69.0 cm³/mol. The maximum Gasteiger partial charge on any atom is 0.179 e. The van der Waals surface area contributed by atoms with Crippen molar-refractivity contribution in [3.63, 3.8) is 0 Å². The Kier molecular flexibility index (Phi) is 5.24. The molecule has 17 heavy (non-hydrogen) atoms. The van der Waals surface area contributed by atoms with Gasteiger partial charge in [-0.3, -0.25) is 0 Å². The SMILES string of the molecule is CCOCCCS(=O)(=O)c1ccc(N)cc1Cl. The van der Waals surface area contributed by atoms with E-state index in [1.54, 1.807) is 0 Å². The van der Waals surface area contributed by atoms with E-state index >= 15 is 0 Å². The van der Waals surface area contributed by atoms with E-state index in [0.717, 1.165) is 0 Å². The summed E-state index contributed by atoms with van der Waals surface area (Å²) in [6.07, 6.45) is 0.455. The van der Waals surface area contributed by atoms with Crippen LogP contribution in [0.15, 0.2) is 23.1 Å². The molecule has 0 heterocycles. The summed E-state index contributed by atoms with van der Waals surface area (Å²) in [5.74, 6) is 0.0244. The number of sulfone groups is 1. The number of benzene rings is 1. The highest BCUT2D eigenvalue weighted by Gasteiger charge is 2.17. The number of halogens is 1. The van der Waals surface area contributed by atoms with Gasteiger partial charge in [-0.25, -0.2) is 8.42 Å². The molecule has 0 bridgehead atoms. The van der Waals surface area contributed by atoms with Gasteiger partial charge in [0.1, 0.15) is 0 Å². The van der Waals surface area contributed by atoms with Gasteiger partial charge < -0.3 is 10.5 Å². The van der Waals surface area contributed by atoms with Crippen LogP contribution >= 0.6 is 11.6 Å². The Morgan fingerprint density at radius 2 is 2.12 bits per heavy atom. The van der Waals surface area contributed by atoms with E-state index in [-0.39, 0.29) is 15.7 Å². The van der Waals surface area contributed by atoms with Crippen molar-refractivity contribution in [3.8, 4) is 0 Å². The second-order valence-electron chi connectivity index (χ2n) is 3.56. The lowest BCUT2D eigenvalue weighted by atomic mass is 10.3. The lowest BCUT2D eigenvalue weighted by molar-refractivity contribution is 0.148. The second-order valence-corrected chi connectivity index (χ2v) is 6.04. The minimum atomic E-state index is -3.36. The van der Waals surface area contributed by atoms with Crippen LogP contribution in [0.2, 0.25) is 5.02 Å². The first-order valence-electron chi connectivity index (χ1n) is 5.33. The smallest absolute Gasteiger partial charge is 0.179 e. The van der Waals surface area contributed by atoms with Gasteiger partial charge in [0.2, 0.25) is 0 Å². The predicted octanol–water partition coefficient (Wildman–Crippen LogP) is 2.12. The molecular weight excluding hydrogens is 262 g/mol. The van der Waals surface area contributed by atoms with Gasteiger partial charge in [0.25, 0.3) is 0 Å². The van der Waals surface area contributed by atoms with Gasteiger partial charge in [0, 0.05) is 18.9 Å². The van der Waals surface area contributed by atoms with Crippen LogP contribution in [0.5, 0.6) is 0 Å². The van der Waals surface area contributed by atoms with Crippen LogP contribution in [0.3, 0.4) is 0 Å². The largest absolute Gasteiger partial charge is 0.399 e. The first-order valence-corrected chi connectivity index (χ1v) is 7.36. The highest BCUT2D eigenvalue weighted by atomic mass is 35.5. The minimum absolute atomic E-state index is 0.0244. The van der Waals surface area contributed by atoms with E-state index in [2.05, 4.69) is 0 Å². The summed E-state index contributed by atoms with van der Waals surface area (Å²) in [7, 11) is -3.36. The van der Waals surface area contributed by atoms with Gasteiger partial charge in [-0.2, -0.15) is 0 Å². The van der Waals surface area contributed by atoms with Crippen molar-refractivity contribution in [1.29, 1.82) is 0 Å². The molecule has 0 aliphatic heterocycles. The third kappa shape index (κ3) is 4.18. The molecule has 0 saturated heterocycles. The Morgan fingerprint density at radius 3 is 2.71 bits per heavy atom. The van der Waals surface area contributed by atoms with Crippen molar-refractivity contribution in [2.75, 3.05) is 24.7 Å². The maximum atomic E-state index is 11.9. The van der Waals surface area contributed by atoms with Crippen LogP contribution < -0.4 is 5.73 Å². The van der Waals surface area contributed by atoms with Gasteiger partial charge >= 0.3 is 0 Å². The van der Waals surface area contributed by atoms with Crippen molar-refractivity contribution in [2.24, 2.45) is 0 Å². The van der Waals surface area contributed by atoms with Crippen LogP contribution in [-0.2, 0) is 14.6 Å². The topological polar surface area (TPSA) is 69.4 Å². The molecule has 0 amide bonds. The molecule has 0 aliphatic carbocycles. The number of rotatable bonds is 6. The van der Waals surface area contributed by atoms with Gasteiger partial charge in [-0.1, -0.05) is 11.6 Å². The summed E-state index contributed by atoms with van der Waals surface area (Å²) in [5, 5.41) is 0.168. The Hall–Kier alpha value is -0.780.